The Morgan fingerprint density at radius 2 is 1.80 bits per heavy atom. The Morgan fingerprint density at radius 3 is 2.53 bits per heavy atom. The van der Waals surface area contributed by atoms with Gasteiger partial charge in [0, 0.05) is 31.3 Å². The molecule has 1 aliphatic heterocycles. The van der Waals surface area contributed by atoms with Crippen molar-refractivity contribution in [3.8, 4) is 0 Å². The summed E-state index contributed by atoms with van der Waals surface area (Å²) in [5.41, 5.74) is 1.15. The summed E-state index contributed by atoms with van der Waals surface area (Å²) in [6.45, 7) is 2.84. The van der Waals surface area contributed by atoms with Crippen LogP contribution in [0.5, 0.6) is 0 Å². The first-order valence-electron chi connectivity index (χ1n) is 9.69. The number of amides is 3. The van der Waals surface area contributed by atoms with Crippen LogP contribution >= 0.6 is 0 Å². The first-order chi connectivity index (χ1) is 14.4. The van der Waals surface area contributed by atoms with Crippen molar-refractivity contribution in [3.63, 3.8) is 0 Å². The molecule has 9 heteroatoms. The Balaban J connectivity index is 1.59. The lowest BCUT2D eigenvalue weighted by atomic mass is 10.1. The van der Waals surface area contributed by atoms with Gasteiger partial charge < -0.3 is 10.6 Å². The molecule has 0 aliphatic carbocycles. The molecule has 0 atom stereocenters. The molecule has 3 amide bonds. The first-order valence-corrected chi connectivity index (χ1v) is 9.69. The van der Waals surface area contributed by atoms with E-state index in [4.69, 9.17) is 0 Å². The SMILES string of the molecule is CCCCN1C(=O)c2ccc(C(=O)NCCNc3ccccc3[N+](=O)[O-])cc2C1=O. The molecule has 156 valence electrons. The normalized spacial score (nSPS) is 12.6. The van der Waals surface area contributed by atoms with Crippen molar-refractivity contribution in [1.82, 2.24) is 10.2 Å². The fourth-order valence-corrected chi connectivity index (χ4v) is 3.21. The van der Waals surface area contributed by atoms with Gasteiger partial charge in [0.2, 0.25) is 0 Å². The number of nitrogens with one attached hydrogen (secondary N) is 2. The summed E-state index contributed by atoms with van der Waals surface area (Å²) < 4.78 is 0. The molecule has 2 aromatic carbocycles. The topological polar surface area (TPSA) is 122 Å². The van der Waals surface area contributed by atoms with Crippen LogP contribution in [0.2, 0.25) is 0 Å². The molecular weight excluding hydrogens is 388 g/mol. The number of rotatable bonds is 9. The van der Waals surface area contributed by atoms with E-state index in [-0.39, 0.29) is 41.7 Å². The predicted octanol–water partition coefficient (Wildman–Crippen LogP) is 2.83. The molecule has 0 bridgehead atoms. The van der Waals surface area contributed by atoms with Gasteiger partial charge in [-0.15, -0.1) is 0 Å². The molecule has 0 fully saturated rings. The lowest BCUT2D eigenvalue weighted by Gasteiger charge is -2.12. The van der Waals surface area contributed by atoms with Crippen molar-refractivity contribution in [2.24, 2.45) is 0 Å². The minimum Gasteiger partial charge on any atom is -0.378 e. The fourth-order valence-electron chi connectivity index (χ4n) is 3.21. The van der Waals surface area contributed by atoms with Gasteiger partial charge in [0.25, 0.3) is 23.4 Å². The second-order valence-corrected chi connectivity index (χ2v) is 6.83. The Labute approximate surface area is 173 Å². The first kappa shape index (κ1) is 21.0. The monoisotopic (exact) mass is 410 g/mol. The summed E-state index contributed by atoms with van der Waals surface area (Å²) in [4.78, 5) is 49.0. The van der Waals surface area contributed by atoms with Crippen LogP contribution in [0.3, 0.4) is 0 Å². The molecule has 30 heavy (non-hydrogen) atoms. The zero-order valence-electron chi connectivity index (χ0n) is 16.5. The van der Waals surface area contributed by atoms with Gasteiger partial charge in [0.1, 0.15) is 5.69 Å². The van der Waals surface area contributed by atoms with E-state index in [1.807, 2.05) is 6.92 Å². The van der Waals surface area contributed by atoms with Gasteiger partial charge in [0.15, 0.2) is 0 Å². The van der Waals surface area contributed by atoms with Gasteiger partial charge in [-0.25, -0.2) is 0 Å². The highest BCUT2D eigenvalue weighted by atomic mass is 16.6. The summed E-state index contributed by atoms with van der Waals surface area (Å²) >= 11 is 0. The summed E-state index contributed by atoms with van der Waals surface area (Å²) in [6, 6.07) is 10.7. The number of anilines is 1. The number of fused-ring (bicyclic) bond motifs is 1. The number of carbonyl (C=O) groups is 3. The summed E-state index contributed by atoms with van der Waals surface area (Å²) in [5, 5.41) is 16.6. The lowest BCUT2D eigenvalue weighted by Crippen LogP contribution is -2.30. The third-order valence-electron chi connectivity index (χ3n) is 4.79. The summed E-state index contributed by atoms with van der Waals surface area (Å²) in [6.07, 6.45) is 1.59. The molecule has 0 spiro atoms. The number of hydrogen-bond acceptors (Lipinski definition) is 6. The highest BCUT2D eigenvalue weighted by Gasteiger charge is 2.35. The van der Waals surface area contributed by atoms with Crippen molar-refractivity contribution < 1.29 is 19.3 Å². The van der Waals surface area contributed by atoms with Crippen LogP contribution in [-0.2, 0) is 0 Å². The highest BCUT2D eigenvalue weighted by Crippen LogP contribution is 2.25. The number of imide groups is 1. The number of carbonyl (C=O) groups excluding carboxylic acids is 3. The fraction of sp³-hybridized carbons (Fsp3) is 0.286. The van der Waals surface area contributed by atoms with Gasteiger partial charge in [0.05, 0.1) is 16.1 Å². The van der Waals surface area contributed by atoms with Crippen LogP contribution in [0.4, 0.5) is 11.4 Å². The maximum Gasteiger partial charge on any atom is 0.292 e. The largest absolute Gasteiger partial charge is 0.378 e. The maximum atomic E-state index is 12.5. The molecule has 3 rings (SSSR count). The second-order valence-electron chi connectivity index (χ2n) is 6.83. The molecule has 0 unspecified atom stereocenters. The van der Waals surface area contributed by atoms with Crippen molar-refractivity contribution in [1.29, 1.82) is 0 Å². The van der Waals surface area contributed by atoms with E-state index in [2.05, 4.69) is 10.6 Å². The van der Waals surface area contributed by atoms with Crippen LogP contribution < -0.4 is 10.6 Å². The zero-order valence-corrected chi connectivity index (χ0v) is 16.5. The number of hydrogen-bond donors (Lipinski definition) is 2. The zero-order chi connectivity index (χ0) is 21.7. The maximum absolute atomic E-state index is 12.5. The Kier molecular flexibility index (Phi) is 6.41. The van der Waals surface area contributed by atoms with Gasteiger partial charge in [-0.1, -0.05) is 25.5 Å². The molecule has 1 heterocycles. The highest BCUT2D eigenvalue weighted by molar-refractivity contribution is 6.22. The van der Waals surface area contributed by atoms with Crippen molar-refractivity contribution in [3.05, 3.63) is 69.3 Å². The van der Waals surface area contributed by atoms with E-state index in [0.717, 1.165) is 12.8 Å². The van der Waals surface area contributed by atoms with Crippen LogP contribution in [0, 0.1) is 10.1 Å². The smallest absolute Gasteiger partial charge is 0.292 e. The molecule has 9 nitrogen and oxygen atoms in total. The van der Waals surface area contributed by atoms with Crippen LogP contribution in [0.25, 0.3) is 0 Å². The average Bonchev–Trinajstić information content (AvgIpc) is 2.99. The molecular formula is C21H22N4O5. The third-order valence-corrected chi connectivity index (χ3v) is 4.79. The quantitative estimate of drug-likeness (QED) is 0.284. The standard InChI is InChI=1S/C21H22N4O5/c1-2-3-12-24-20(27)15-9-8-14(13-16(15)21(24)28)19(26)23-11-10-22-17-6-4-5-7-18(17)25(29)30/h4-9,13,22H,2-3,10-12H2,1H3,(H,23,26). The molecule has 0 radical (unpaired) electrons. The third kappa shape index (κ3) is 4.29. The van der Waals surface area contributed by atoms with E-state index in [1.165, 1.54) is 29.2 Å². The van der Waals surface area contributed by atoms with E-state index >= 15 is 0 Å². The number of para-hydroxylation sites is 2. The molecule has 1 aliphatic rings. The number of benzene rings is 2. The van der Waals surface area contributed by atoms with Gasteiger partial charge >= 0.3 is 0 Å². The van der Waals surface area contributed by atoms with E-state index < -0.39 is 10.8 Å². The molecule has 0 aromatic heterocycles. The van der Waals surface area contributed by atoms with Crippen molar-refractivity contribution in [2.75, 3.05) is 25.0 Å². The number of nitrogens with zero attached hydrogens (tertiary/aromatic N) is 2. The van der Waals surface area contributed by atoms with Crippen LogP contribution in [0.1, 0.15) is 50.8 Å². The average molecular weight is 410 g/mol. The second kappa shape index (κ2) is 9.17. The van der Waals surface area contributed by atoms with Crippen molar-refractivity contribution >= 4 is 29.1 Å². The molecule has 2 aromatic rings. The molecule has 2 N–H and O–H groups in total. The molecule has 0 saturated carbocycles. The minimum atomic E-state index is -0.479. The minimum absolute atomic E-state index is 0.0433. The number of unbranched alkanes of at least 4 members (excludes halogenated alkanes) is 1. The van der Waals surface area contributed by atoms with E-state index in [9.17, 15) is 24.5 Å². The predicted molar refractivity (Wildman–Crippen MR) is 111 cm³/mol. The van der Waals surface area contributed by atoms with E-state index in [1.54, 1.807) is 18.2 Å². The Morgan fingerprint density at radius 1 is 1.07 bits per heavy atom. The Hall–Kier alpha value is -3.75. The summed E-state index contributed by atoms with van der Waals surface area (Å²) in [7, 11) is 0. The summed E-state index contributed by atoms with van der Waals surface area (Å²) in [5.74, 6) is -1.10. The van der Waals surface area contributed by atoms with Crippen LogP contribution in [0.15, 0.2) is 42.5 Å². The Bertz CT molecular complexity index is 1000. The number of nitro groups is 1. The van der Waals surface area contributed by atoms with E-state index in [0.29, 0.717) is 17.8 Å². The molecule has 0 saturated heterocycles. The lowest BCUT2D eigenvalue weighted by molar-refractivity contribution is -0.384. The van der Waals surface area contributed by atoms with Crippen molar-refractivity contribution in [2.45, 2.75) is 19.8 Å². The number of nitro benzene ring substituents is 1. The van der Waals surface area contributed by atoms with Gasteiger partial charge in [-0.05, 0) is 30.7 Å². The van der Waals surface area contributed by atoms with Gasteiger partial charge in [-0.2, -0.15) is 0 Å². The van der Waals surface area contributed by atoms with Gasteiger partial charge in [-0.3, -0.25) is 29.4 Å². The van der Waals surface area contributed by atoms with Crippen LogP contribution in [-0.4, -0.2) is 47.2 Å².